The van der Waals surface area contributed by atoms with E-state index in [1.807, 2.05) is 11.0 Å². The number of carbonyl (C=O) groups is 1. The number of hydrogen-bond donors (Lipinski definition) is 0. The predicted octanol–water partition coefficient (Wildman–Crippen LogP) is 2.08. The zero-order chi connectivity index (χ0) is 22.7. The van der Waals surface area contributed by atoms with E-state index in [0.717, 1.165) is 32.5 Å². The average Bonchev–Trinajstić information content (AvgIpc) is 3.17. The van der Waals surface area contributed by atoms with Gasteiger partial charge in [0.25, 0.3) is 0 Å². The van der Waals surface area contributed by atoms with Crippen molar-refractivity contribution in [3.8, 4) is 0 Å². The molecule has 2 fully saturated rings. The summed E-state index contributed by atoms with van der Waals surface area (Å²) in [6.07, 6.45) is 2.41. The van der Waals surface area contributed by atoms with Crippen molar-refractivity contribution in [3.63, 3.8) is 0 Å². The molecule has 1 aromatic heterocycles. The van der Waals surface area contributed by atoms with Crippen LogP contribution in [0.4, 0.5) is 0 Å². The van der Waals surface area contributed by atoms with E-state index in [0.29, 0.717) is 37.5 Å². The van der Waals surface area contributed by atoms with Gasteiger partial charge in [-0.15, -0.1) is 0 Å². The molecule has 174 valence electrons. The third kappa shape index (κ3) is 4.89. The van der Waals surface area contributed by atoms with Crippen molar-refractivity contribution in [3.05, 3.63) is 47.3 Å². The first kappa shape index (κ1) is 22.9. The van der Waals surface area contributed by atoms with E-state index in [4.69, 9.17) is 4.52 Å². The standard InChI is InChI=1S/C23H32N4O4S/c1-18-22(19(2)31-24-18)32(29,30)27-11-6-9-21(17-27)23(28)26-15-13-25(14-16-26)12-10-20-7-4-3-5-8-20/h3-5,7-8,21H,6,9-17H2,1-2H3. The van der Waals surface area contributed by atoms with Crippen LogP contribution in [0.3, 0.4) is 0 Å². The van der Waals surface area contributed by atoms with Crippen molar-refractivity contribution in [1.29, 1.82) is 0 Å². The lowest BCUT2D eigenvalue weighted by molar-refractivity contribution is -0.138. The highest BCUT2D eigenvalue weighted by Crippen LogP contribution is 2.28. The van der Waals surface area contributed by atoms with Crippen LogP contribution in [0.2, 0.25) is 0 Å². The van der Waals surface area contributed by atoms with Crippen LogP contribution in [0.5, 0.6) is 0 Å². The topological polar surface area (TPSA) is 87.0 Å². The van der Waals surface area contributed by atoms with Crippen LogP contribution < -0.4 is 0 Å². The lowest BCUT2D eigenvalue weighted by atomic mass is 9.97. The molecule has 2 aliphatic heterocycles. The Labute approximate surface area is 190 Å². The Kier molecular flexibility index (Phi) is 6.97. The van der Waals surface area contributed by atoms with Gasteiger partial charge in [-0.1, -0.05) is 35.5 Å². The molecule has 9 heteroatoms. The van der Waals surface area contributed by atoms with Gasteiger partial charge in [0.05, 0.1) is 5.92 Å². The maximum Gasteiger partial charge on any atom is 0.248 e. The van der Waals surface area contributed by atoms with Crippen LogP contribution in [0.15, 0.2) is 39.8 Å². The van der Waals surface area contributed by atoms with Gasteiger partial charge < -0.3 is 9.42 Å². The van der Waals surface area contributed by atoms with Crippen molar-refractivity contribution in [2.24, 2.45) is 5.92 Å². The van der Waals surface area contributed by atoms with E-state index in [1.165, 1.54) is 9.87 Å². The molecule has 1 atom stereocenters. The molecule has 0 radical (unpaired) electrons. The summed E-state index contributed by atoms with van der Waals surface area (Å²) >= 11 is 0. The van der Waals surface area contributed by atoms with Crippen molar-refractivity contribution in [2.75, 3.05) is 45.8 Å². The van der Waals surface area contributed by atoms with Crippen LogP contribution >= 0.6 is 0 Å². The summed E-state index contributed by atoms with van der Waals surface area (Å²) < 4.78 is 32.8. The summed E-state index contributed by atoms with van der Waals surface area (Å²) in [6.45, 7) is 7.96. The van der Waals surface area contributed by atoms with Gasteiger partial charge in [0.1, 0.15) is 10.6 Å². The minimum absolute atomic E-state index is 0.0753. The third-order valence-electron chi connectivity index (χ3n) is 6.54. The number of carbonyl (C=O) groups excluding carboxylic acids is 1. The summed E-state index contributed by atoms with van der Waals surface area (Å²) in [7, 11) is -3.72. The highest BCUT2D eigenvalue weighted by atomic mass is 32.2. The third-order valence-corrected chi connectivity index (χ3v) is 8.65. The van der Waals surface area contributed by atoms with Crippen LogP contribution in [-0.4, -0.2) is 79.4 Å². The Morgan fingerprint density at radius 1 is 1.09 bits per heavy atom. The Morgan fingerprint density at radius 2 is 1.81 bits per heavy atom. The van der Waals surface area contributed by atoms with E-state index in [-0.39, 0.29) is 23.3 Å². The maximum absolute atomic E-state index is 13.2. The molecule has 2 saturated heterocycles. The number of sulfonamides is 1. The lowest BCUT2D eigenvalue weighted by Crippen LogP contribution is -2.53. The minimum atomic E-state index is -3.72. The molecule has 0 bridgehead atoms. The molecule has 0 N–H and O–H groups in total. The molecule has 2 aliphatic rings. The Balaban J connectivity index is 1.32. The molecule has 3 heterocycles. The van der Waals surface area contributed by atoms with Gasteiger partial charge in [-0.25, -0.2) is 8.42 Å². The number of nitrogens with zero attached hydrogens (tertiary/aromatic N) is 4. The quantitative estimate of drug-likeness (QED) is 0.656. The van der Waals surface area contributed by atoms with Crippen molar-refractivity contribution in [2.45, 2.75) is 38.0 Å². The Bertz CT molecular complexity index is 1010. The number of rotatable bonds is 6. The van der Waals surface area contributed by atoms with Crippen molar-refractivity contribution >= 4 is 15.9 Å². The molecule has 1 aromatic carbocycles. The second-order valence-corrected chi connectivity index (χ2v) is 10.6. The highest BCUT2D eigenvalue weighted by Gasteiger charge is 2.38. The van der Waals surface area contributed by atoms with Crippen LogP contribution in [0, 0.1) is 19.8 Å². The normalized spacial score (nSPS) is 21.1. The average molecular weight is 461 g/mol. The summed E-state index contributed by atoms with van der Waals surface area (Å²) in [5, 5.41) is 3.79. The van der Waals surface area contributed by atoms with Gasteiger partial charge in [0.15, 0.2) is 5.76 Å². The predicted molar refractivity (Wildman–Crippen MR) is 121 cm³/mol. The Morgan fingerprint density at radius 3 is 2.47 bits per heavy atom. The molecular weight excluding hydrogens is 428 g/mol. The van der Waals surface area contributed by atoms with Gasteiger partial charge in [-0.3, -0.25) is 9.69 Å². The number of amides is 1. The first-order valence-corrected chi connectivity index (χ1v) is 12.8. The van der Waals surface area contributed by atoms with Gasteiger partial charge in [0.2, 0.25) is 15.9 Å². The van der Waals surface area contributed by atoms with Gasteiger partial charge in [-0.05, 0) is 38.7 Å². The van der Waals surface area contributed by atoms with Crippen molar-refractivity contribution in [1.82, 2.24) is 19.3 Å². The Hall–Kier alpha value is -2.23. The molecule has 0 saturated carbocycles. The molecule has 4 rings (SSSR count). The number of hydrogen-bond acceptors (Lipinski definition) is 6. The molecule has 8 nitrogen and oxygen atoms in total. The minimum Gasteiger partial charge on any atom is -0.360 e. The summed E-state index contributed by atoms with van der Waals surface area (Å²) in [5.41, 5.74) is 1.69. The molecule has 2 aromatic rings. The first-order chi connectivity index (χ1) is 15.4. The highest BCUT2D eigenvalue weighted by molar-refractivity contribution is 7.89. The first-order valence-electron chi connectivity index (χ1n) is 11.3. The van der Waals surface area contributed by atoms with Crippen LogP contribution in [-0.2, 0) is 21.2 Å². The zero-order valence-corrected chi connectivity index (χ0v) is 19.7. The van der Waals surface area contributed by atoms with Gasteiger partial charge in [-0.2, -0.15) is 4.31 Å². The monoisotopic (exact) mass is 460 g/mol. The number of piperidine rings is 1. The second-order valence-electron chi connectivity index (χ2n) is 8.76. The molecule has 0 aliphatic carbocycles. The summed E-state index contributed by atoms with van der Waals surface area (Å²) in [5.74, 6) is 0.0730. The van der Waals surface area contributed by atoms with Crippen molar-refractivity contribution < 1.29 is 17.7 Å². The fraction of sp³-hybridized carbons (Fsp3) is 0.565. The van der Waals surface area contributed by atoms with Gasteiger partial charge >= 0.3 is 0 Å². The fourth-order valence-electron chi connectivity index (χ4n) is 4.72. The van der Waals surface area contributed by atoms with E-state index in [1.54, 1.807) is 13.8 Å². The molecule has 32 heavy (non-hydrogen) atoms. The fourth-order valence-corrected chi connectivity index (χ4v) is 6.53. The van der Waals surface area contributed by atoms with E-state index in [9.17, 15) is 13.2 Å². The van der Waals surface area contributed by atoms with E-state index < -0.39 is 10.0 Å². The SMILES string of the molecule is Cc1noc(C)c1S(=O)(=O)N1CCCC(C(=O)N2CCN(CCc3ccccc3)CC2)C1. The van der Waals surface area contributed by atoms with E-state index >= 15 is 0 Å². The summed E-state index contributed by atoms with van der Waals surface area (Å²) in [4.78, 5) is 17.6. The maximum atomic E-state index is 13.2. The largest absolute Gasteiger partial charge is 0.360 e. The number of piperazine rings is 1. The van der Waals surface area contributed by atoms with Crippen LogP contribution in [0.25, 0.3) is 0 Å². The molecule has 1 amide bonds. The number of benzene rings is 1. The smallest absolute Gasteiger partial charge is 0.248 e. The zero-order valence-electron chi connectivity index (χ0n) is 18.9. The number of aromatic nitrogens is 1. The van der Waals surface area contributed by atoms with Gasteiger partial charge in [0, 0.05) is 45.8 Å². The lowest BCUT2D eigenvalue weighted by Gasteiger charge is -2.38. The molecule has 0 spiro atoms. The summed E-state index contributed by atoms with van der Waals surface area (Å²) in [6, 6.07) is 10.4. The molecular formula is C23H32N4O4S. The van der Waals surface area contributed by atoms with Crippen LogP contribution in [0.1, 0.15) is 29.9 Å². The molecule has 1 unspecified atom stereocenters. The second kappa shape index (κ2) is 9.72. The van der Waals surface area contributed by atoms with E-state index in [2.05, 4.69) is 34.3 Å². The number of aryl methyl sites for hydroxylation is 2.